The number of carbonyl (C=O) groups is 1. The predicted molar refractivity (Wildman–Crippen MR) is 83.5 cm³/mol. The van der Waals surface area contributed by atoms with Crippen LogP contribution in [0.5, 0.6) is 0 Å². The van der Waals surface area contributed by atoms with E-state index in [-0.39, 0.29) is 11.1 Å². The maximum absolute atomic E-state index is 13.7. The number of hydrogen-bond acceptors (Lipinski definition) is 2. The van der Waals surface area contributed by atoms with Gasteiger partial charge in [0.15, 0.2) is 0 Å². The van der Waals surface area contributed by atoms with Crippen LogP contribution in [0.3, 0.4) is 0 Å². The number of fused-ring (bicyclic) bond motifs is 1. The molecule has 0 saturated heterocycles. The van der Waals surface area contributed by atoms with Gasteiger partial charge in [-0.15, -0.1) is 0 Å². The Kier molecular flexibility index (Phi) is 3.65. The number of aryl methyl sites for hydroxylation is 1. The standard InChI is InChI=1S/C17H12F2N2O2/c1-21-14-8-3-2-5-10(14)11(9-15(21)22)17(23)20-16-12(18)6-4-7-13(16)19/h2-9H,1H3,(H,20,23). The third-order valence-electron chi connectivity index (χ3n) is 3.60. The molecule has 0 aliphatic heterocycles. The number of aromatic nitrogens is 1. The number of amides is 1. The first-order chi connectivity index (χ1) is 11.0. The molecule has 0 spiro atoms. The van der Waals surface area contributed by atoms with Crippen LogP contribution in [0.15, 0.2) is 53.3 Å². The van der Waals surface area contributed by atoms with Gasteiger partial charge >= 0.3 is 0 Å². The molecule has 0 aliphatic rings. The van der Waals surface area contributed by atoms with Crippen LogP contribution in [0.2, 0.25) is 0 Å². The smallest absolute Gasteiger partial charge is 0.256 e. The third-order valence-corrected chi connectivity index (χ3v) is 3.60. The summed E-state index contributed by atoms with van der Waals surface area (Å²) in [6.45, 7) is 0. The van der Waals surface area contributed by atoms with Crippen molar-refractivity contribution in [1.29, 1.82) is 0 Å². The van der Waals surface area contributed by atoms with Crippen molar-refractivity contribution in [3.63, 3.8) is 0 Å². The molecule has 4 nitrogen and oxygen atoms in total. The maximum atomic E-state index is 13.7. The SMILES string of the molecule is Cn1c(=O)cc(C(=O)Nc2c(F)cccc2F)c2ccccc21. The topological polar surface area (TPSA) is 51.1 Å². The molecule has 0 atom stereocenters. The lowest BCUT2D eigenvalue weighted by Gasteiger charge is -2.11. The molecule has 0 unspecified atom stereocenters. The van der Waals surface area contributed by atoms with E-state index in [2.05, 4.69) is 5.32 Å². The van der Waals surface area contributed by atoms with Crippen molar-refractivity contribution >= 4 is 22.5 Å². The zero-order valence-electron chi connectivity index (χ0n) is 12.1. The van der Waals surface area contributed by atoms with E-state index in [1.54, 1.807) is 31.3 Å². The highest BCUT2D eigenvalue weighted by Crippen LogP contribution is 2.21. The summed E-state index contributed by atoms with van der Waals surface area (Å²) in [4.78, 5) is 24.4. The Bertz CT molecular complexity index is 960. The minimum atomic E-state index is -0.883. The van der Waals surface area contributed by atoms with Crippen molar-refractivity contribution in [2.75, 3.05) is 5.32 Å². The zero-order chi connectivity index (χ0) is 16.6. The van der Waals surface area contributed by atoms with Crippen molar-refractivity contribution in [3.8, 4) is 0 Å². The van der Waals surface area contributed by atoms with E-state index < -0.39 is 23.2 Å². The van der Waals surface area contributed by atoms with Crippen molar-refractivity contribution < 1.29 is 13.6 Å². The summed E-state index contributed by atoms with van der Waals surface area (Å²) in [7, 11) is 1.59. The van der Waals surface area contributed by atoms with Gasteiger partial charge in [-0.1, -0.05) is 24.3 Å². The molecular weight excluding hydrogens is 302 g/mol. The third kappa shape index (κ3) is 2.59. The monoisotopic (exact) mass is 314 g/mol. The Balaban J connectivity index is 2.12. The lowest BCUT2D eigenvalue weighted by molar-refractivity contribution is 0.102. The van der Waals surface area contributed by atoms with E-state index in [0.29, 0.717) is 10.9 Å². The molecular formula is C17H12F2N2O2. The molecule has 23 heavy (non-hydrogen) atoms. The molecule has 1 amide bonds. The first-order valence-corrected chi connectivity index (χ1v) is 6.83. The van der Waals surface area contributed by atoms with Crippen LogP contribution in [0, 0.1) is 11.6 Å². The van der Waals surface area contributed by atoms with Gasteiger partial charge in [0.2, 0.25) is 0 Å². The van der Waals surface area contributed by atoms with Crippen molar-refractivity contribution in [2.45, 2.75) is 0 Å². The van der Waals surface area contributed by atoms with Crippen molar-refractivity contribution in [3.05, 3.63) is 76.1 Å². The second kappa shape index (κ2) is 5.64. The van der Waals surface area contributed by atoms with E-state index in [0.717, 1.165) is 18.2 Å². The van der Waals surface area contributed by atoms with E-state index in [4.69, 9.17) is 0 Å². The summed E-state index contributed by atoms with van der Waals surface area (Å²) < 4.78 is 28.7. The number of nitrogens with one attached hydrogen (secondary N) is 1. The number of nitrogens with zero attached hydrogens (tertiary/aromatic N) is 1. The number of benzene rings is 2. The fourth-order valence-electron chi connectivity index (χ4n) is 2.40. The van der Waals surface area contributed by atoms with Crippen LogP contribution >= 0.6 is 0 Å². The van der Waals surface area contributed by atoms with Crippen LogP contribution < -0.4 is 10.9 Å². The van der Waals surface area contributed by atoms with Crippen molar-refractivity contribution in [2.24, 2.45) is 7.05 Å². The Morgan fingerprint density at radius 2 is 1.70 bits per heavy atom. The van der Waals surface area contributed by atoms with Crippen LogP contribution in [-0.4, -0.2) is 10.5 Å². The van der Waals surface area contributed by atoms with Gasteiger partial charge in [-0.3, -0.25) is 9.59 Å². The zero-order valence-corrected chi connectivity index (χ0v) is 12.1. The molecule has 1 heterocycles. The molecule has 0 aliphatic carbocycles. The summed E-state index contributed by atoms with van der Waals surface area (Å²) in [5, 5.41) is 2.71. The first-order valence-electron chi connectivity index (χ1n) is 6.83. The number of carbonyl (C=O) groups excluding carboxylic acids is 1. The Hall–Kier alpha value is -3.02. The largest absolute Gasteiger partial charge is 0.317 e. The second-order valence-corrected chi connectivity index (χ2v) is 5.02. The van der Waals surface area contributed by atoms with E-state index in [1.807, 2.05) is 0 Å². The normalized spacial score (nSPS) is 10.7. The molecule has 0 bridgehead atoms. The van der Waals surface area contributed by atoms with Gasteiger partial charge in [0.25, 0.3) is 11.5 Å². The number of rotatable bonds is 2. The average molecular weight is 314 g/mol. The number of halogens is 2. The van der Waals surface area contributed by atoms with Gasteiger partial charge in [0.1, 0.15) is 17.3 Å². The fourth-order valence-corrected chi connectivity index (χ4v) is 2.40. The molecule has 2 aromatic carbocycles. The molecule has 1 N–H and O–H groups in total. The Morgan fingerprint density at radius 3 is 2.39 bits per heavy atom. The summed E-state index contributed by atoms with van der Waals surface area (Å²) in [5.41, 5.74) is -0.310. The number of para-hydroxylation sites is 2. The number of pyridine rings is 1. The number of hydrogen-bond donors (Lipinski definition) is 1. The quantitative estimate of drug-likeness (QED) is 0.790. The summed E-state index contributed by atoms with van der Waals surface area (Å²) in [6.07, 6.45) is 0. The summed E-state index contributed by atoms with van der Waals surface area (Å²) >= 11 is 0. The van der Waals surface area contributed by atoms with Gasteiger partial charge in [0, 0.05) is 18.5 Å². The van der Waals surface area contributed by atoms with Crippen molar-refractivity contribution in [1.82, 2.24) is 4.57 Å². The molecule has 6 heteroatoms. The Labute approximate surface area is 130 Å². The van der Waals surface area contributed by atoms with Crippen LogP contribution in [0.1, 0.15) is 10.4 Å². The molecule has 3 aromatic rings. The molecule has 0 radical (unpaired) electrons. The van der Waals surface area contributed by atoms with Crippen LogP contribution in [0.4, 0.5) is 14.5 Å². The highest BCUT2D eigenvalue weighted by Gasteiger charge is 2.17. The van der Waals surface area contributed by atoms with E-state index in [9.17, 15) is 18.4 Å². The van der Waals surface area contributed by atoms with Crippen LogP contribution in [-0.2, 0) is 7.05 Å². The average Bonchev–Trinajstić information content (AvgIpc) is 2.54. The maximum Gasteiger partial charge on any atom is 0.256 e. The molecule has 116 valence electrons. The fraction of sp³-hybridized carbons (Fsp3) is 0.0588. The molecule has 0 fully saturated rings. The molecule has 3 rings (SSSR count). The summed E-state index contributed by atoms with van der Waals surface area (Å²) in [6, 6.07) is 11.2. The van der Waals surface area contributed by atoms with Gasteiger partial charge in [-0.25, -0.2) is 8.78 Å². The molecule has 1 aromatic heterocycles. The first kappa shape index (κ1) is 14.9. The summed E-state index contributed by atoms with van der Waals surface area (Å²) in [5.74, 6) is -2.51. The Morgan fingerprint density at radius 1 is 1.04 bits per heavy atom. The highest BCUT2D eigenvalue weighted by atomic mass is 19.1. The predicted octanol–water partition coefficient (Wildman–Crippen LogP) is 3.07. The minimum Gasteiger partial charge on any atom is -0.317 e. The van der Waals surface area contributed by atoms with E-state index in [1.165, 1.54) is 10.6 Å². The lowest BCUT2D eigenvalue weighted by atomic mass is 10.1. The van der Waals surface area contributed by atoms with Gasteiger partial charge in [-0.2, -0.15) is 0 Å². The van der Waals surface area contributed by atoms with Gasteiger partial charge in [0.05, 0.1) is 11.1 Å². The molecule has 0 saturated carbocycles. The van der Waals surface area contributed by atoms with Gasteiger partial charge < -0.3 is 9.88 Å². The second-order valence-electron chi connectivity index (χ2n) is 5.02. The lowest BCUT2D eigenvalue weighted by Crippen LogP contribution is -2.22. The van der Waals surface area contributed by atoms with Crippen LogP contribution in [0.25, 0.3) is 10.9 Å². The number of anilines is 1. The van der Waals surface area contributed by atoms with Gasteiger partial charge in [-0.05, 0) is 18.2 Å². The highest BCUT2D eigenvalue weighted by molar-refractivity contribution is 6.12. The van der Waals surface area contributed by atoms with E-state index >= 15 is 0 Å². The minimum absolute atomic E-state index is 0.0614.